The molecule has 0 spiro atoms. The molecule has 0 saturated heterocycles. The number of nitrogens with zero attached hydrogens (tertiary/aromatic N) is 6. The summed E-state index contributed by atoms with van der Waals surface area (Å²) in [5.74, 6) is -0.112. The van der Waals surface area contributed by atoms with Gasteiger partial charge in [-0.2, -0.15) is 15.8 Å². The van der Waals surface area contributed by atoms with Crippen LogP contribution >= 0.6 is 0 Å². The quantitative estimate of drug-likeness (QED) is 0.251. The Balaban J connectivity index is 2.37. The molecule has 0 amide bonds. The van der Waals surface area contributed by atoms with E-state index in [-0.39, 0.29) is 45.5 Å². The van der Waals surface area contributed by atoms with Crippen LogP contribution in [-0.2, 0) is 0 Å². The first-order valence-electron chi connectivity index (χ1n) is 7.59. The minimum absolute atomic E-state index is 0.0474. The van der Waals surface area contributed by atoms with Gasteiger partial charge >= 0.3 is 0 Å². The molecule has 1 aliphatic rings. The molecule has 1 aromatic heterocycles. The van der Waals surface area contributed by atoms with Crippen LogP contribution in [0.25, 0.3) is 0 Å². The molecular formula is C16H10N10O2. The molecule has 12 nitrogen and oxygen atoms in total. The number of aliphatic imine (C=N–C) groups is 1. The molecule has 1 aliphatic heterocycles. The first kappa shape index (κ1) is 17.9. The predicted molar refractivity (Wildman–Crippen MR) is 97.2 cm³/mol. The number of nitro benzene ring substituents is 1. The average Bonchev–Trinajstić information content (AvgIpc) is 2.67. The van der Waals surface area contributed by atoms with E-state index in [9.17, 15) is 20.6 Å². The zero-order valence-corrected chi connectivity index (χ0v) is 14.0. The van der Waals surface area contributed by atoms with Crippen molar-refractivity contribution in [3.8, 4) is 18.3 Å². The Labute approximate surface area is 157 Å². The van der Waals surface area contributed by atoms with E-state index in [1.807, 2.05) is 6.07 Å². The Morgan fingerprint density at radius 2 is 2.00 bits per heavy atom. The summed E-state index contributed by atoms with van der Waals surface area (Å²) in [7, 11) is 0. The number of para-hydroxylation sites is 1. The molecule has 1 unspecified atom stereocenters. The van der Waals surface area contributed by atoms with Crippen LogP contribution < -0.4 is 22.1 Å². The highest BCUT2D eigenvalue weighted by Gasteiger charge is 2.34. The van der Waals surface area contributed by atoms with Gasteiger partial charge in [0, 0.05) is 5.56 Å². The van der Waals surface area contributed by atoms with Crippen LogP contribution in [0.2, 0.25) is 0 Å². The number of nitro groups is 1. The van der Waals surface area contributed by atoms with Gasteiger partial charge in [-0.05, 0) is 12.1 Å². The molecule has 0 radical (unpaired) electrons. The number of fused-ring (bicyclic) bond motifs is 1. The Bertz CT molecular complexity index is 1170. The van der Waals surface area contributed by atoms with Crippen molar-refractivity contribution in [3.63, 3.8) is 0 Å². The van der Waals surface area contributed by atoms with Crippen LogP contribution in [0.4, 0.5) is 23.0 Å². The number of nitrogens with one attached hydrogen (secondary N) is 2. The van der Waals surface area contributed by atoms with Crippen molar-refractivity contribution in [2.75, 3.05) is 16.8 Å². The molecule has 2 heterocycles. The average molecular weight is 374 g/mol. The first-order chi connectivity index (χ1) is 13.4. The minimum atomic E-state index is -1.11. The van der Waals surface area contributed by atoms with Gasteiger partial charge in [-0.3, -0.25) is 15.4 Å². The number of hydrogen-bond donors (Lipinski definition) is 4. The van der Waals surface area contributed by atoms with E-state index in [2.05, 4.69) is 20.6 Å². The van der Waals surface area contributed by atoms with Crippen molar-refractivity contribution in [2.45, 2.75) is 6.04 Å². The summed E-state index contributed by atoms with van der Waals surface area (Å²) in [6, 6.07) is 6.67. The van der Waals surface area contributed by atoms with Gasteiger partial charge in [0.1, 0.15) is 40.9 Å². The molecule has 1 aromatic carbocycles. The summed E-state index contributed by atoms with van der Waals surface area (Å²) in [5, 5.41) is 44.1. The third-order valence-corrected chi connectivity index (χ3v) is 4.02. The van der Waals surface area contributed by atoms with E-state index in [0.29, 0.717) is 0 Å². The number of rotatable bonds is 2. The molecule has 28 heavy (non-hydrogen) atoms. The number of nitrogen functional groups attached to an aromatic ring is 2. The predicted octanol–water partition coefficient (Wildman–Crippen LogP) is 0.839. The van der Waals surface area contributed by atoms with Gasteiger partial charge in [0.15, 0.2) is 6.19 Å². The fraction of sp³-hybridized carbons (Fsp3) is 0.0625. The van der Waals surface area contributed by atoms with E-state index in [1.165, 1.54) is 18.2 Å². The van der Waals surface area contributed by atoms with E-state index >= 15 is 0 Å². The zero-order valence-electron chi connectivity index (χ0n) is 14.0. The molecule has 0 saturated carbocycles. The maximum Gasteiger partial charge on any atom is 0.292 e. The fourth-order valence-electron chi connectivity index (χ4n) is 2.88. The second-order valence-corrected chi connectivity index (χ2v) is 5.51. The summed E-state index contributed by atoms with van der Waals surface area (Å²) in [6.45, 7) is 0. The van der Waals surface area contributed by atoms with Crippen molar-refractivity contribution < 1.29 is 4.92 Å². The van der Waals surface area contributed by atoms with E-state index in [4.69, 9.17) is 16.7 Å². The summed E-state index contributed by atoms with van der Waals surface area (Å²) < 4.78 is 0. The second kappa shape index (κ2) is 6.78. The third-order valence-electron chi connectivity index (χ3n) is 4.02. The second-order valence-electron chi connectivity index (χ2n) is 5.51. The standard InChI is InChI=1S/C16H10N10O2/c17-4-7-2-1-3-8(13(7)26(27)28)12-10-11(20)9(5-18)14(21)24-15(10)25-16(23-12)22-6-19/h1-3,12H,(H6,20,21,22,23,24,25). The van der Waals surface area contributed by atoms with E-state index in [1.54, 1.807) is 12.3 Å². The van der Waals surface area contributed by atoms with Crippen LogP contribution in [0.15, 0.2) is 23.2 Å². The van der Waals surface area contributed by atoms with Crippen molar-refractivity contribution >= 4 is 29.0 Å². The number of aromatic nitrogens is 1. The molecule has 136 valence electrons. The third kappa shape index (κ3) is 2.71. The van der Waals surface area contributed by atoms with Crippen molar-refractivity contribution in [3.05, 3.63) is 50.6 Å². The SMILES string of the molecule is N#CNC1=NC(c2cccc(C#N)c2[N+](=O)[O-])c2c(nc(N)c(C#N)c2N)N1. The Hall–Kier alpha value is -4.89. The highest BCUT2D eigenvalue weighted by Crippen LogP contribution is 2.43. The lowest BCUT2D eigenvalue weighted by atomic mass is 9.92. The summed E-state index contributed by atoms with van der Waals surface area (Å²) >= 11 is 0. The lowest BCUT2D eigenvalue weighted by molar-refractivity contribution is -0.385. The van der Waals surface area contributed by atoms with Crippen LogP contribution in [0.3, 0.4) is 0 Å². The monoisotopic (exact) mass is 374 g/mol. The smallest absolute Gasteiger partial charge is 0.292 e. The Morgan fingerprint density at radius 1 is 1.25 bits per heavy atom. The highest BCUT2D eigenvalue weighted by atomic mass is 16.6. The molecular weight excluding hydrogens is 364 g/mol. The molecule has 6 N–H and O–H groups in total. The van der Waals surface area contributed by atoms with Crippen molar-refractivity contribution in [2.24, 2.45) is 4.99 Å². The largest absolute Gasteiger partial charge is 0.397 e. The van der Waals surface area contributed by atoms with Crippen LogP contribution in [0, 0.1) is 44.2 Å². The van der Waals surface area contributed by atoms with Gasteiger partial charge in [-0.25, -0.2) is 9.98 Å². The van der Waals surface area contributed by atoms with Crippen molar-refractivity contribution in [1.82, 2.24) is 10.3 Å². The summed E-state index contributed by atoms with van der Waals surface area (Å²) in [6.07, 6.45) is 1.68. The summed E-state index contributed by atoms with van der Waals surface area (Å²) in [5.41, 5.74) is 11.3. The maximum atomic E-state index is 11.6. The molecule has 0 bridgehead atoms. The Kier molecular flexibility index (Phi) is 4.34. The van der Waals surface area contributed by atoms with Gasteiger partial charge in [0.2, 0.25) is 5.96 Å². The topological polar surface area (TPSA) is 216 Å². The van der Waals surface area contributed by atoms with Gasteiger partial charge in [0.05, 0.1) is 16.2 Å². The fourth-order valence-corrected chi connectivity index (χ4v) is 2.88. The zero-order chi connectivity index (χ0) is 20.4. The number of pyridine rings is 1. The summed E-state index contributed by atoms with van der Waals surface area (Å²) in [4.78, 5) is 19.3. The van der Waals surface area contributed by atoms with Crippen LogP contribution in [0.5, 0.6) is 0 Å². The van der Waals surface area contributed by atoms with Gasteiger partial charge < -0.3 is 16.8 Å². The van der Waals surface area contributed by atoms with Gasteiger partial charge in [-0.15, -0.1) is 0 Å². The number of anilines is 3. The lowest BCUT2D eigenvalue weighted by Gasteiger charge is -2.26. The van der Waals surface area contributed by atoms with E-state index < -0.39 is 16.7 Å². The van der Waals surface area contributed by atoms with Gasteiger partial charge in [0.25, 0.3) is 5.69 Å². The molecule has 0 fully saturated rings. The molecule has 3 rings (SSSR count). The van der Waals surface area contributed by atoms with Crippen molar-refractivity contribution in [1.29, 1.82) is 15.8 Å². The molecule has 12 heteroatoms. The van der Waals surface area contributed by atoms with E-state index in [0.717, 1.165) is 0 Å². The first-order valence-corrected chi connectivity index (χ1v) is 7.59. The Morgan fingerprint density at radius 3 is 2.61 bits per heavy atom. The number of nitrogens with two attached hydrogens (primary N) is 2. The van der Waals surface area contributed by atoms with Gasteiger partial charge in [-0.1, -0.05) is 6.07 Å². The van der Waals surface area contributed by atoms with Crippen LogP contribution in [0.1, 0.15) is 28.3 Å². The normalized spacial score (nSPS) is 14.3. The highest BCUT2D eigenvalue weighted by molar-refractivity contribution is 5.98. The number of benzene rings is 1. The maximum absolute atomic E-state index is 11.6. The number of hydrogen-bond acceptors (Lipinski definition) is 11. The molecule has 1 atom stereocenters. The van der Waals surface area contributed by atoms with Crippen LogP contribution in [-0.4, -0.2) is 15.9 Å². The number of guanidine groups is 1. The molecule has 2 aromatic rings. The lowest BCUT2D eigenvalue weighted by Crippen LogP contribution is -2.33. The minimum Gasteiger partial charge on any atom is -0.397 e. The number of nitriles is 3. The molecule has 0 aliphatic carbocycles.